The summed E-state index contributed by atoms with van der Waals surface area (Å²) in [6, 6.07) is 8.49. The van der Waals surface area contributed by atoms with Crippen molar-refractivity contribution >= 4 is 22.4 Å². The van der Waals surface area contributed by atoms with Gasteiger partial charge in [-0.15, -0.1) is 5.10 Å². The number of pyridine rings is 1. The molecule has 3 heterocycles. The van der Waals surface area contributed by atoms with Crippen molar-refractivity contribution < 1.29 is 22.6 Å². The molecular formula is C21H19F3N4O2. The number of halogens is 3. The molecule has 0 saturated carbocycles. The smallest absolute Gasteiger partial charge is 0.416 e. The summed E-state index contributed by atoms with van der Waals surface area (Å²) in [6.45, 7) is 6.81. The fourth-order valence-electron chi connectivity index (χ4n) is 3.16. The van der Waals surface area contributed by atoms with E-state index in [2.05, 4.69) is 27.1 Å². The Kier molecular flexibility index (Phi) is 5.29. The zero-order valence-electron chi connectivity index (χ0n) is 16.2. The van der Waals surface area contributed by atoms with Gasteiger partial charge in [-0.2, -0.15) is 18.3 Å². The number of rotatable bonds is 5. The van der Waals surface area contributed by atoms with Gasteiger partial charge in [0.25, 0.3) is 0 Å². The van der Waals surface area contributed by atoms with Crippen LogP contribution in [0.1, 0.15) is 23.2 Å². The Morgan fingerprint density at radius 2 is 2.07 bits per heavy atom. The van der Waals surface area contributed by atoms with Gasteiger partial charge >= 0.3 is 6.18 Å². The maximum atomic E-state index is 13.0. The molecule has 1 saturated heterocycles. The molecule has 0 unspecified atom stereocenters. The summed E-state index contributed by atoms with van der Waals surface area (Å²) < 4.78 is 50.2. The van der Waals surface area contributed by atoms with E-state index < -0.39 is 11.7 Å². The lowest BCUT2D eigenvalue weighted by molar-refractivity contribution is -0.137. The number of alkyl halides is 3. The molecule has 1 aliphatic heterocycles. The Hall–Kier alpha value is -3.20. The predicted molar refractivity (Wildman–Crippen MR) is 106 cm³/mol. The zero-order chi connectivity index (χ0) is 21.3. The number of anilines is 1. The molecule has 1 aliphatic rings. The maximum absolute atomic E-state index is 13.0. The summed E-state index contributed by atoms with van der Waals surface area (Å²) in [5, 5.41) is 11.9. The van der Waals surface area contributed by atoms with Gasteiger partial charge in [0.2, 0.25) is 5.88 Å². The summed E-state index contributed by atoms with van der Waals surface area (Å²) in [4.78, 5) is 4.54. The molecule has 1 aromatic carbocycles. The highest BCUT2D eigenvalue weighted by atomic mass is 19.4. The van der Waals surface area contributed by atoms with Crippen LogP contribution < -0.4 is 10.1 Å². The molecule has 1 N–H and O–H groups in total. The van der Waals surface area contributed by atoms with Gasteiger partial charge < -0.3 is 14.8 Å². The highest BCUT2D eigenvalue weighted by Crippen LogP contribution is 2.32. The summed E-state index contributed by atoms with van der Waals surface area (Å²) in [5.74, 6) is 0.698. The van der Waals surface area contributed by atoms with E-state index in [4.69, 9.17) is 9.47 Å². The van der Waals surface area contributed by atoms with Gasteiger partial charge in [-0.1, -0.05) is 18.7 Å². The molecule has 0 radical (unpaired) electrons. The van der Waals surface area contributed by atoms with Crippen LogP contribution in [0.4, 0.5) is 19.0 Å². The predicted octanol–water partition coefficient (Wildman–Crippen LogP) is 4.60. The largest absolute Gasteiger partial charge is 0.472 e. The number of aryl methyl sites for hydroxylation is 1. The molecule has 30 heavy (non-hydrogen) atoms. The second kappa shape index (κ2) is 7.91. The van der Waals surface area contributed by atoms with Crippen LogP contribution in [0.2, 0.25) is 0 Å². The van der Waals surface area contributed by atoms with Crippen molar-refractivity contribution in [2.24, 2.45) is 0 Å². The molecule has 2 aromatic heterocycles. The van der Waals surface area contributed by atoms with Crippen LogP contribution in [0.3, 0.4) is 0 Å². The van der Waals surface area contributed by atoms with Crippen LogP contribution in [0.25, 0.3) is 16.6 Å². The van der Waals surface area contributed by atoms with Crippen LogP contribution in [0.15, 0.2) is 43.0 Å². The number of hydrogen-bond donors (Lipinski definition) is 1. The summed E-state index contributed by atoms with van der Waals surface area (Å²) in [5.41, 5.74) is 0.944. The normalized spacial score (nSPS) is 16.6. The molecular weight excluding hydrogens is 397 g/mol. The minimum absolute atomic E-state index is 0.0673. The fraction of sp³-hybridized carbons (Fsp3) is 0.286. The molecule has 4 rings (SSSR count). The topological polar surface area (TPSA) is 69.2 Å². The lowest BCUT2D eigenvalue weighted by Gasteiger charge is -2.15. The number of fused-ring (bicyclic) bond motifs is 1. The summed E-state index contributed by atoms with van der Waals surface area (Å²) >= 11 is 0. The molecule has 0 amide bonds. The molecule has 9 heteroatoms. The third-order valence-electron chi connectivity index (χ3n) is 4.77. The molecule has 1 fully saturated rings. The first-order valence-electron chi connectivity index (χ1n) is 9.33. The molecule has 156 valence electrons. The maximum Gasteiger partial charge on any atom is 0.416 e. The van der Waals surface area contributed by atoms with Gasteiger partial charge in [-0.05, 0) is 30.7 Å². The quantitative estimate of drug-likeness (QED) is 0.656. The molecule has 1 atom stereocenters. The van der Waals surface area contributed by atoms with Gasteiger partial charge in [0, 0.05) is 23.6 Å². The second-order valence-corrected chi connectivity index (χ2v) is 6.97. The van der Waals surface area contributed by atoms with Crippen LogP contribution in [0, 0.1) is 6.92 Å². The Labute approximate surface area is 170 Å². The second-order valence-electron chi connectivity index (χ2n) is 6.97. The van der Waals surface area contributed by atoms with Crippen molar-refractivity contribution in [3.63, 3.8) is 0 Å². The van der Waals surface area contributed by atoms with E-state index in [9.17, 15) is 13.2 Å². The van der Waals surface area contributed by atoms with Crippen LogP contribution in [0.5, 0.6) is 5.88 Å². The van der Waals surface area contributed by atoms with Crippen molar-refractivity contribution in [1.82, 2.24) is 15.2 Å². The molecule has 3 aromatic rings. The van der Waals surface area contributed by atoms with Gasteiger partial charge in [-0.25, -0.2) is 4.98 Å². The summed E-state index contributed by atoms with van der Waals surface area (Å²) in [6.07, 6.45) is -3.72. The molecule has 6 nitrogen and oxygen atoms in total. The Morgan fingerprint density at radius 1 is 1.23 bits per heavy atom. The third-order valence-corrected chi connectivity index (χ3v) is 4.77. The standard InChI is InChI=1S/C21H19F3N4O2/c1-12(14-4-3-5-15(10-14)21(22,23)24)25-20-19-17(13(2)27-28-20)6-7-18(26-19)30-16-8-9-29-11-16/h3-7,10,16H,1,8-9,11H2,2H3,(H,25,28)/t16-/m0/s1. The minimum Gasteiger partial charge on any atom is -0.472 e. The third kappa shape index (κ3) is 4.20. The summed E-state index contributed by atoms with van der Waals surface area (Å²) in [7, 11) is 0. The van der Waals surface area contributed by atoms with E-state index in [1.54, 1.807) is 13.0 Å². The Morgan fingerprint density at radius 3 is 2.80 bits per heavy atom. The van der Waals surface area contributed by atoms with E-state index in [0.717, 1.165) is 23.9 Å². The highest BCUT2D eigenvalue weighted by molar-refractivity contribution is 5.93. The molecule has 0 spiro atoms. The monoisotopic (exact) mass is 416 g/mol. The number of hydrogen-bond acceptors (Lipinski definition) is 6. The van der Waals surface area contributed by atoms with Gasteiger partial charge in [0.05, 0.1) is 24.5 Å². The minimum atomic E-state index is -4.44. The first-order chi connectivity index (χ1) is 14.3. The van der Waals surface area contributed by atoms with Crippen molar-refractivity contribution in [2.75, 3.05) is 18.5 Å². The van der Waals surface area contributed by atoms with E-state index in [0.29, 0.717) is 30.3 Å². The highest BCUT2D eigenvalue weighted by Gasteiger charge is 2.30. The van der Waals surface area contributed by atoms with E-state index in [-0.39, 0.29) is 23.2 Å². The van der Waals surface area contributed by atoms with Gasteiger partial charge in [0.1, 0.15) is 11.6 Å². The average Bonchev–Trinajstić information content (AvgIpc) is 3.22. The zero-order valence-corrected chi connectivity index (χ0v) is 16.2. The number of benzene rings is 1. The fourth-order valence-corrected chi connectivity index (χ4v) is 3.16. The number of nitrogens with one attached hydrogen (secondary N) is 1. The SMILES string of the molecule is C=C(Nc1nnc(C)c2ccc(O[C@H]3CCOC3)nc12)c1cccc(C(F)(F)F)c1. The molecule has 0 bridgehead atoms. The Balaban J connectivity index is 1.64. The van der Waals surface area contributed by atoms with E-state index in [1.165, 1.54) is 12.1 Å². The number of aromatic nitrogens is 3. The van der Waals surface area contributed by atoms with Crippen molar-refractivity contribution in [2.45, 2.75) is 25.6 Å². The van der Waals surface area contributed by atoms with Crippen molar-refractivity contribution in [3.05, 3.63) is 59.8 Å². The number of nitrogens with zero attached hydrogens (tertiary/aromatic N) is 3. The van der Waals surface area contributed by atoms with Crippen molar-refractivity contribution in [3.8, 4) is 5.88 Å². The van der Waals surface area contributed by atoms with Crippen LogP contribution >= 0.6 is 0 Å². The molecule has 0 aliphatic carbocycles. The number of ether oxygens (including phenoxy) is 2. The average molecular weight is 416 g/mol. The Bertz CT molecular complexity index is 1100. The lowest BCUT2D eigenvalue weighted by Crippen LogP contribution is -2.16. The van der Waals surface area contributed by atoms with Crippen molar-refractivity contribution in [1.29, 1.82) is 0 Å². The first-order valence-corrected chi connectivity index (χ1v) is 9.33. The lowest BCUT2D eigenvalue weighted by atomic mass is 10.1. The first kappa shape index (κ1) is 20.1. The van der Waals surface area contributed by atoms with Crippen LogP contribution in [-0.4, -0.2) is 34.5 Å². The van der Waals surface area contributed by atoms with E-state index in [1.807, 2.05) is 6.07 Å². The van der Waals surface area contributed by atoms with Gasteiger partial charge in [0.15, 0.2) is 5.82 Å². The van der Waals surface area contributed by atoms with E-state index >= 15 is 0 Å². The van der Waals surface area contributed by atoms with Gasteiger partial charge in [-0.3, -0.25) is 0 Å². The van der Waals surface area contributed by atoms with Crippen LogP contribution in [-0.2, 0) is 10.9 Å².